The lowest BCUT2D eigenvalue weighted by Gasteiger charge is -2.56. The number of aromatic nitrogens is 3. The molecule has 2 saturated heterocycles. The fourth-order valence-corrected chi connectivity index (χ4v) is 11.2. The Morgan fingerprint density at radius 2 is 1.83 bits per heavy atom. The van der Waals surface area contributed by atoms with Gasteiger partial charge in [0.15, 0.2) is 0 Å². The number of fused-ring (bicyclic) bond motifs is 1. The van der Waals surface area contributed by atoms with Crippen molar-refractivity contribution < 1.29 is 23.1 Å². The van der Waals surface area contributed by atoms with Crippen molar-refractivity contribution in [2.24, 2.45) is 11.3 Å². The van der Waals surface area contributed by atoms with Gasteiger partial charge in [0.05, 0.1) is 28.6 Å². The molecule has 5 aromatic rings. The second-order valence-electron chi connectivity index (χ2n) is 17.9. The summed E-state index contributed by atoms with van der Waals surface area (Å²) in [4.78, 5) is 31.0. The molecular weight excluding hydrogens is 777 g/mol. The number of aliphatic hydroxyl groups is 1. The Bertz CT molecular complexity index is 2470. The molecule has 5 heterocycles. The number of nitrogens with zero attached hydrogens (tertiary/aromatic N) is 4. The number of piperidine rings is 1. The Labute approximate surface area is 352 Å². The summed E-state index contributed by atoms with van der Waals surface area (Å²) in [7, 11) is -4.33. The van der Waals surface area contributed by atoms with E-state index >= 15 is 0 Å². The number of carbonyl (C=O) groups excluding carboxylic acids is 1. The Morgan fingerprint density at radius 3 is 2.60 bits per heavy atom. The lowest BCUT2D eigenvalue weighted by atomic mass is 9.60. The van der Waals surface area contributed by atoms with E-state index in [1.54, 1.807) is 24.5 Å². The van der Waals surface area contributed by atoms with Gasteiger partial charge in [-0.25, -0.2) is 23.1 Å². The number of amides is 1. The van der Waals surface area contributed by atoms with Crippen molar-refractivity contribution in [3.63, 3.8) is 0 Å². The smallest absolute Gasteiger partial charge is 0.270 e. The van der Waals surface area contributed by atoms with E-state index in [4.69, 9.17) is 15.5 Å². The number of aliphatic hydroxyl groups excluding tert-OH is 1. The molecule has 1 unspecified atom stereocenters. The molecule has 0 bridgehead atoms. The van der Waals surface area contributed by atoms with Crippen molar-refractivity contribution in [1.82, 2.24) is 24.6 Å². The first kappa shape index (κ1) is 40.2. The predicted molar refractivity (Wildman–Crippen MR) is 234 cm³/mol. The third-order valence-corrected chi connectivity index (χ3v) is 14.9. The maximum absolute atomic E-state index is 13.9. The second kappa shape index (κ2) is 16.4. The van der Waals surface area contributed by atoms with E-state index in [1.807, 2.05) is 12.1 Å². The summed E-state index contributed by atoms with van der Waals surface area (Å²) in [5.41, 5.74) is 11.1. The molecule has 2 aromatic carbocycles. The molecule has 4 fully saturated rings. The molecule has 4 aliphatic rings. The number of likely N-dealkylation sites (tertiary alicyclic amines) is 1. The number of nitrogen functional groups attached to an aromatic ring is 1. The Hall–Kier alpha value is -5.18. The molecule has 2 aliphatic heterocycles. The minimum absolute atomic E-state index is 0.0315. The third kappa shape index (κ3) is 8.16. The normalized spacial score (nSPS) is 22.1. The quantitative estimate of drug-likeness (QED) is 0.0777. The molecular formula is C46H56N8O5S. The number of sulfonamides is 1. The van der Waals surface area contributed by atoms with Crippen LogP contribution in [0.3, 0.4) is 0 Å². The molecule has 3 aromatic heterocycles. The number of nitrogens with two attached hydrogens (primary N) is 1. The molecule has 14 heteroatoms. The number of rotatable bonds is 12. The molecule has 3 atom stereocenters. The maximum atomic E-state index is 13.9. The van der Waals surface area contributed by atoms with Crippen molar-refractivity contribution in [3.8, 4) is 11.5 Å². The van der Waals surface area contributed by atoms with Crippen molar-refractivity contribution in [2.45, 2.75) is 101 Å². The van der Waals surface area contributed by atoms with Gasteiger partial charge >= 0.3 is 0 Å². The van der Waals surface area contributed by atoms with Crippen LogP contribution in [-0.4, -0.2) is 77.6 Å². The van der Waals surface area contributed by atoms with Crippen LogP contribution in [0.2, 0.25) is 0 Å². The van der Waals surface area contributed by atoms with Gasteiger partial charge < -0.3 is 30.8 Å². The Kier molecular flexibility index (Phi) is 11.0. The summed E-state index contributed by atoms with van der Waals surface area (Å²) in [5.74, 6) is 1.17. The van der Waals surface area contributed by atoms with Crippen LogP contribution in [0.25, 0.3) is 11.0 Å². The SMILES string of the molecule is CC(C)c1ccccc1[C@@H]1CCCN1C1CC2(CCN(c3cc(Oc4cnc5[nH]ccc5c4)c(C(=O)NS(=O)(=O)c4ccc(NC[C@@H]5CCC(O)C5)c(N)c4)cn3)CC2)C1. The first-order valence-electron chi connectivity index (χ1n) is 21.5. The van der Waals surface area contributed by atoms with Crippen LogP contribution < -0.4 is 25.4 Å². The summed E-state index contributed by atoms with van der Waals surface area (Å²) in [6.07, 6.45) is 13.9. The van der Waals surface area contributed by atoms with Gasteiger partial charge in [-0.2, -0.15) is 0 Å². The molecule has 13 nitrogen and oxygen atoms in total. The highest BCUT2D eigenvalue weighted by Crippen LogP contribution is 2.54. The first-order valence-corrected chi connectivity index (χ1v) is 23.0. The summed E-state index contributed by atoms with van der Waals surface area (Å²) in [6, 6.07) is 19.9. The summed E-state index contributed by atoms with van der Waals surface area (Å²) in [6.45, 7) is 8.02. The van der Waals surface area contributed by atoms with E-state index in [9.17, 15) is 18.3 Å². The van der Waals surface area contributed by atoms with Crippen molar-refractivity contribution >= 4 is 44.2 Å². The van der Waals surface area contributed by atoms with Gasteiger partial charge in [0.1, 0.15) is 28.5 Å². The van der Waals surface area contributed by atoms with Crippen LogP contribution in [0.4, 0.5) is 17.2 Å². The van der Waals surface area contributed by atoms with E-state index in [0.29, 0.717) is 58.8 Å². The lowest BCUT2D eigenvalue weighted by Crippen LogP contribution is -2.55. The number of carbonyl (C=O) groups is 1. The van der Waals surface area contributed by atoms with Crippen LogP contribution in [0.1, 0.15) is 105 Å². The molecule has 6 N–H and O–H groups in total. The third-order valence-electron chi connectivity index (χ3n) is 13.6. The molecule has 316 valence electrons. The topological polar surface area (TPSA) is 179 Å². The molecule has 0 radical (unpaired) electrons. The Morgan fingerprint density at radius 1 is 1.02 bits per heavy atom. The van der Waals surface area contributed by atoms with Crippen molar-refractivity contribution in [2.75, 3.05) is 42.1 Å². The van der Waals surface area contributed by atoms with Crippen LogP contribution in [0.15, 0.2) is 84.1 Å². The number of ether oxygens (including phenoxy) is 1. The van der Waals surface area contributed by atoms with E-state index in [2.05, 4.69) is 67.9 Å². The number of anilines is 3. The lowest BCUT2D eigenvalue weighted by molar-refractivity contribution is -0.0228. The maximum Gasteiger partial charge on any atom is 0.270 e. The zero-order valence-electron chi connectivity index (χ0n) is 34.4. The van der Waals surface area contributed by atoms with E-state index in [0.717, 1.165) is 57.1 Å². The standard InChI is InChI=1S/C46H56N8O5S/c1-29(2)36-6-3-4-7-37(36)41-8-5-17-54(41)32-24-46(25-32)14-18-53(19-15-46)43-23-42(59-34-21-31-13-16-48-44(31)51-27-34)38(28-50-43)45(56)52-60(57,58)35-11-12-40(39(47)22-35)49-26-30-9-10-33(55)20-30/h3-4,6-7,11-13,16,21-23,27-30,32-33,41,49,55H,5,8-10,14-15,17-20,24-26,47H2,1-2H3,(H,48,51)(H,52,56)/t30-,33?,41+/m1/s1. The minimum atomic E-state index is -4.33. The van der Waals surface area contributed by atoms with Gasteiger partial charge in [0, 0.05) is 55.6 Å². The van der Waals surface area contributed by atoms with E-state index in [-0.39, 0.29) is 28.0 Å². The monoisotopic (exact) mass is 832 g/mol. The number of pyridine rings is 2. The van der Waals surface area contributed by atoms with Crippen molar-refractivity contribution in [3.05, 3.63) is 95.9 Å². The van der Waals surface area contributed by atoms with E-state index in [1.165, 1.54) is 55.1 Å². The van der Waals surface area contributed by atoms with Crippen LogP contribution in [-0.2, 0) is 10.0 Å². The average molecular weight is 833 g/mol. The van der Waals surface area contributed by atoms with Crippen molar-refractivity contribution in [1.29, 1.82) is 0 Å². The Balaban J connectivity index is 0.889. The number of aromatic amines is 1. The van der Waals surface area contributed by atoms with Crippen LogP contribution in [0, 0.1) is 11.3 Å². The molecule has 2 saturated carbocycles. The minimum Gasteiger partial charge on any atom is -0.455 e. The van der Waals surface area contributed by atoms with Gasteiger partial charge in [-0.05, 0) is 123 Å². The zero-order valence-corrected chi connectivity index (χ0v) is 35.3. The highest BCUT2D eigenvalue weighted by Gasteiger charge is 2.50. The molecule has 9 rings (SSSR count). The first-order chi connectivity index (χ1) is 28.9. The summed E-state index contributed by atoms with van der Waals surface area (Å²) in [5, 5.41) is 14.0. The number of benzene rings is 2. The second-order valence-corrected chi connectivity index (χ2v) is 19.5. The fourth-order valence-electron chi connectivity index (χ4n) is 10.2. The number of hydrogen-bond donors (Lipinski definition) is 5. The average Bonchev–Trinajstić information content (AvgIpc) is 4.01. The van der Waals surface area contributed by atoms with Gasteiger partial charge in [-0.1, -0.05) is 38.1 Å². The largest absolute Gasteiger partial charge is 0.455 e. The highest BCUT2D eigenvalue weighted by molar-refractivity contribution is 7.90. The number of nitrogens with one attached hydrogen (secondary N) is 3. The summed E-state index contributed by atoms with van der Waals surface area (Å²) >= 11 is 0. The summed E-state index contributed by atoms with van der Waals surface area (Å²) < 4.78 is 35.7. The molecule has 1 amide bonds. The van der Waals surface area contributed by atoms with Gasteiger partial charge in [-0.3, -0.25) is 9.69 Å². The number of H-pyrrole nitrogens is 1. The zero-order chi connectivity index (χ0) is 41.6. The van der Waals surface area contributed by atoms with E-state index < -0.39 is 15.9 Å². The van der Waals surface area contributed by atoms with Gasteiger partial charge in [-0.15, -0.1) is 0 Å². The molecule has 1 spiro atoms. The predicted octanol–water partition coefficient (Wildman–Crippen LogP) is 7.73. The number of hydrogen-bond acceptors (Lipinski definition) is 11. The highest BCUT2D eigenvalue weighted by atomic mass is 32.2. The fraction of sp³-hybridized carbons (Fsp3) is 0.457. The van der Waals surface area contributed by atoms with Crippen LogP contribution >= 0.6 is 0 Å². The van der Waals surface area contributed by atoms with Gasteiger partial charge in [0.25, 0.3) is 15.9 Å². The molecule has 2 aliphatic carbocycles. The molecule has 60 heavy (non-hydrogen) atoms. The van der Waals surface area contributed by atoms with Gasteiger partial charge in [0.2, 0.25) is 0 Å². The van der Waals surface area contributed by atoms with Crippen LogP contribution in [0.5, 0.6) is 11.5 Å².